The average Bonchev–Trinajstić information content (AvgIpc) is 2.82. The van der Waals surface area contributed by atoms with E-state index in [1.807, 2.05) is 0 Å². The van der Waals surface area contributed by atoms with Gasteiger partial charge in [0.25, 0.3) is 0 Å². The van der Waals surface area contributed by atoms with Crippen LogP contribution >= 0.6 is 0 Å². The monoisotopic (exact) mass is 279 g/mol. The first-order valence-electron chi connectivity index (χ1n) is 9.09. The molecule has 0 aromatic heterocycles. The van der Waals surface area contributed by atoms with Gasteiger partial charge >= 0.3 is 0 Å². The van der Waals surface area contributed by atoms with Gasteiger partial charge in [-0.25, -0.2) is 0 Å². The van der Waals surface area contributed by atoms with Crippen LogP contribution in [-0.4, -0.2) is 12.6 Å². The topological polar surface area (TPSA) is 12.0 Å². The first kappa shape index (κ1) is 16.3. The number of nitrogens with one attached hydrogen (secondary N) is 1. The first-order chi connectivity index (χ1) is 9.36. The van der Waals surface area contributed by atoms with Gasteiger partial charge < -0.3 is 5.32 Å². The second-order valence-corrected chi connectivity index (χ2v) is 8.90. The standard InChI is InChI=1S/C19H37N/c1-15(2)10-8-6-7-9-13-20-17-18(3,4)16-11-12-19(17,5)14-16/h15-17,20H,6-14H2,1-5H3. The van der Waals surface area contributed by atoms with Crippen molar-refractivity contribution in [2.24, 2.45) is 22.7 Å². The number of rotatable bonds is 8. The molecule has 0 aromatic carbocycles. The summed E-state index contributed by atoms with van der Waals surface area (Å²) in [7, 11) is 0. The molecule has 118 valence electrons. The fourth-order valence-electron chi connectivity index (χ4n) is 5.09. The average molecular weight is 280 g/mol. The fourth-order valence-corrected chi connectivity index (χ4v) is 5.09. The Balaban J connectivity index is 1.64. The summed E-state index contributed by atoms with van der Waals surface area (Å²) >= 11 is 0. The molecule has 0 aromatic rings. The molecule has 0 amide bonds. The van der Waals surface area contributed by atoms with Crippen molar-refractivity contribution in [2.75, 3.05) is 6.54 Å². The Labute approximate surface area is 127 Å². The summed E-state index contributed by atoms with van der Waals surface area (Å²) in [5.41, 5.74) is 1.11. The molecule has 0 heterocycles. The predicted molar refractivity (Wildman–Crippen MR) is 88.9 cm³/mol. The van der Waals surface area contributed by atoms with Crippen LogP contribution in [0, 0.1) is 22.7 Å². The van der Waals surface area contributed by atoms with E-state index >= 15 is 0 Å². The van der Waals surface area contributed by atoms with Gasteiger partial charge in [0.2, 0.25) is 0 Å². The normalized spacial score (nSPS) is 35.1. The van der Waals surface area contributed by atoms with Crippen LogP contribution < -0.4 is 5.32 Å². The van der Waals surface area contributed by atoms with E-state index in [1.165, 1.54) is 57.9 Å². The van der Waals surface area contributed by atoms with Gasteiger partial charge in [0.05, 0.1) is 0 Å². The molecule has 3 unspecified atom stereocenters. The quantitative estimate of drug-likeness (QED) is 0.587. The van der Waals surface area contributed by atoms with Crippen LogP contribution in [0.2, 0.25) is 0 Å². The molecule has 0 spiro atoms. The molecule has 1 heteroatoms. The Morgan fingerprint density at radius 1 is 1.05 bits per heavy atom. The first-order valence-corrected chi connectivity index (χ1v) is 9.09. The fraction of sp³-hybridized carbons (Fsp3) is 1.00. The zero-order chi connectivity index (χ0) is 14.8. The van der Waals surface area contributed by atoms with E-state index in [2.05, 4.69) is 39.9 Å². The minimum atomic E-state index is 0.518. The molecule has 0 saturated heterocycles. The molecular formula is C19H37N. The van der Waals surface area contributed by atoms with Crippen LogP contribution in [0.25, 0.3) is 0 Å². The lowest BCUT2D eigenvalue weighted by atomic mass is 9.68. The predicted octanol–water partition coefficient (Wildman–Crippen LogP) is 5.40. The summed E-state index contributed by atoms with van der Waals surface area (Å²) in [6.07, 6.45) is 11.4. The summed E-state index contributed by atoms with van der Waals surface area (Å²) in [4.78, 5) is 0. The molecular weight excluding hydrogens is 242 g/mol. The molecule has 2 aliphatic rings. The highest BCUT2D eigenvalue weighted by Crippen LogP contribution is 2.62. The summed E-state index contributed by atoms with van der Waals surface area (Å²) in [5.74, 6) is 1.85. The summed E-state index contributed by atoms with van der Waals surface area (Å²) in [5, 5.41) is 3.94. The highest BCUT2D eigenvalue weighted by molar-refractivity contribution is 5.11. The lowest BCUT2D eigenvalue weighted by Gasteiger charge is -2.43. The van der Waals surface area contributed by atoms with E-state index in [1.54, 1.807) is 0 Å². The molecule has 1 N–H and O–H groups in total. The van der Waals surface area contributed by atoms with Crippen LogP contribution in [0.15, 0.2) is 0 Å². The SMILES string of the molecule is CC(C)CCCCCCNC1C2(C)CCC(C2)C1(C)C. The van der Waals surface area contributed by atoms with E-state index in [0.717, 1.165) is 17.9 Å². The van der Waals surface area contributed by atoms with Crippen LogP contribution in [0.1, 0.15) is 86.0 Å². The van der Waals surface area contributed by atoms with Crippen molar-refractivity contribution in [1.29, 1.82) is 0 Å². The van der Waals surface area contributed by atoms with E-state index < -0.39 is 0 Å². The Bertz CT molecular complexity index is 302. The smallest absolute Gasteiger partial charge is 0.0175 e. The van der Waals surface area contributed by atoms with E-state index in [4.69, 9.17) is 0 Å². The number of hydrogen-bond donors (Lipinski definition) is 1. The Hall–Kier alpha value is -0.0400. The maximum atomic E-state index is 3.94. The van der Waals surface area contributed by atoms with E-state index in [9.17, 15) is 0 Å². The van der Waals surface area contributed by atoms with Gasteiger partial charge in [-0.05, 0) is 54.9 Å². The Kier molecular flexibility index (Phi) is 5.21. The molecule has 2 saturated carbocycles. The third-order valence-corrected chi connectivity index (χ3v) is 6.33. The summed E-state index contributed by atoms with van der Waals surface area (Å²) < 4.78 is 0. The highest BCUT2D eigenvalue weighted by atomic mass is 15.0. The zero-order valence-electron chi connectivity index (χ0n) is 14.6. The Morgan fingerprint density at radius 3 is 2.35 bits per heavy atom. The molecule has 0 radical (unpaired) electrons. The number of fused-ring (bicyclic) bond motifs is 2. The molecule has 1 nitrogen and oxygen atoms in total. The van der Waals surface area contributed by atoms with Gasteiger partial charge in [-0.2, -0.15) is 0 Å². The van der Waals surface area contributed by atoms with Gasteiger partial charge in [0.1, 0.15) is 0 Å². The van der Waals surface area contributed by atoms with Crippen molar-refractivity contribution in [1.82, 2.24) is 5.32 Å². The van der Waals surface area contributed by atoms with E-state index in [-0.39, 0.29) is 0 Å². The van der Waals surface area contributed by atoms with Gasteiger partial charge in [-0.1, -0.05) is 60.3 Å². The third-order valence-electron chi connectivity index (χ3n) is 6.33. The molecule has 2 aliphatic carbocycles. The maximum Gasteiger partial charge on any atom is 0.0175 e. The molecule has 20 heavy (non-hydrogen) atoms. The lowest BCUT2D eigenvalue weighted by Crippen LogP contribution is -2.50. The molecule has 3 atom stereocenters. The van der Waals surface area contributed by atoms with Gasteiger partial charge in [-0.15, -0.1) is 0 Å². The van der Waals surface area contributed by atoms with Gasteiger partial charge in [0.15, 0.2) is 0 Å². The molecule has 2 rings (SSSR count). The van der Waals surface area contributed by atoms with Crippen molar-refractivity contribution >= 4 is 0 Å². The summed E-state index contributed by atoms with van der Waals surface area (Å²) in [6, 6.07) is 0.754. The minimum absolute atomic E-state index is 0.518. The Morgan fingerprint density at radius 2 is 1.75 bits per heavy atom. The van der Waals surface area contributed by atoms with Crippen molar-refractivity contribution in [3.05, 3.63) is 0 Å². The highest BCUT2D eigenvalue weighted by Gasteiger charge is 2.58. The molecule has 2 bridgehead atoms. The zero-order valence-corrected chi connectivity index (χ0v) is 14.6. The molecule has 0 aliphatic heterocycles. The van der Waals surface area contributed by atoms with Crippen LogP contribution in [0.3, 0.4) is 0 Å². The van der Waals surface area contributed by atoms with Crippen LogP contribution in [-0.2, 0) is 0 Å². The van der Waals surface area contributed by atoms with Crippen molar-refractivity contribution in [2.45, 2.75) is 92.0 Å². The number of hydrogen-bond acceptors (Lipinski definition) is 1. The molecule has 2 fully saturated rings. The van der Waals surface area contributed by atoms with Gasteiger partial charge in [-0.3, -0.25) is 0 Å². The maximum absolute atomic E-state index is 3.94. The lowest BCUT2D eigenvalue weighted by molar-refractivity contribution is 0.109. The van der Waals surface area contributed by atoms with Crippen molar-refractivity contribution < 1.29 is 0 Å². The van der Waals surface area contributed by atoms with Crippen LogP contribution in [0.5, 0.6) is 0 Å². The number of unbranched alkanes of at least 4 members (excludes halogenated alkanes) is 3. The van der Waals surface area contributed by atoms with Gasteiger partial charge in [0, 0.05) is 6.04 Å². The second-order valence-electron chi connectivity index (χ2n) is 8.90. The third kappa shape index (κ3) is 3.40. The minimum Gasteiger partial charge on any atom is -0.313 e. The summed E-state index contributed by atoms with van der Waals surface area (Å²) in [6.45, 7) is 13.4. The van der Waals surface area contributed by atoms with Crippen molar-refractivity contribution in [3.8, 4) is 0 Å². The van der Waals surface area contributed by atoms with E-state index in [0.29, 0.717) is 10.8 Å². The second kappa shape index (κ2) is 6.38. The largest absolute Gasteiger partial charge is 0.313 e. The van der Waals surface area contributed by atoms with Crippen LogP contribution in [0.4, 0.5) is 0 Å². The van der Waals surface area contributed by atoms with Crippen molar-refractivity contribution in [3.63, 3.8) is 0 Å².